The summed E-state index contributed by atoms with van der Waals surface area (Å²) in [5.41, 5.74) is -1.30. The molecule has 8 rings (SSSR count). The molecule has 2 saturated carbocycles. The van der Waals surface area contributed by atoms with Crippen molar-refractivity contribution in [2.24, 2.45) is 23.2 Å². The lowest BCUT2D eigenvalue weighted by molar-refractivity contribution is -0.143. The standard InChI is InChI=1S/C42H40F3N5O9S2/c1-4-23-17-41(23,40(55)49-61(56,57)26-13-14-26)18-31(51)30-15-25(19-50(30)38(52)28(21(2)3)16-33-46-29(20-60-33)39(53)54)58-37-35-34(27-7-5-6-8-32(27)59-35)47-36(48-37)22-9-11-24(12-10-22)42(43,44)45/h4-12,20-21,23,25-26,28,30H,1,13-19H2,2-3H3,(H,49,55)(H,53,54)/t23-,25-,28+,30+,41-/m1/s1. The number of carboxylic acids is 1. The number of nitrogens with one attached hydrogen (secondary N) is 1. The van der Waals surface area contributed by atoms with Gasteiger partial charge in [-0.3, -0.25) is 19.1 Å². The summed E-state index contributed by atoms with van der Waals surface area (Å²) < 4.78 is 80.8. The highest BCUT2D eigenvalue weighted by atomic mass is 32.2. The average molecular weight is 880 g/mol. The van der Waals surface area contributed by atoms with Gasteiger partial charge < -0.3 is 19.2 Å². The number of para-hydroxylation sites is 1. The zero-order chi connectivity index (χ0) is 43.6. The third-order valence-electron chi connectivity index (χ3n) is 11.7. The lowest BCUT2D eigenvalue weighted by Crippen LogP contribution is -2.47. The number of likely N-dealkylation sites (tertiary alicyclic amines) is 1. The highest BCUT2D eigenvalue weighted by Crippen LogP contribution is 2.57. The molecule has 1 saturated heterocycles. The quantitative estimate of drug-likeness (QED) is 0.104. The molecule has 2 aliphatic carbocycles. The molecule has 0 radical (unpaired) electrons. The first-order valence-corrected chi connectivity index (χ1v) is 22.0. The summed E-state index contributed by atoms with van der Waals surface area (Å²) >= 11 is 1.09. The predicted molar refractivity (Wildman–Crippen MR) is 216 cm³/mol. The van der Waals surface area contributed by atoms with Gasteiger partial charge in [0.15, 0.2) is 17.3 Å². The van der Waals surface area contributed by atoms with Gasteiger partial charge in [0.1, 0.15) is 17.2 Å². The Kier molecular flexibility index (Phi) is 10.8. The van der Waals surface area contributed by atoms with Crippen LogP contribution in [0.3, 0.4) is 0 Å². The smallest absolute Gasteiger partial charge is 0.416 e. The average Bonchev–Trinajstić information content (AvgIpc) is 4.05. The number of benzene rings is 2. The number of fused-ring (bicyclic) bond motifs is 3. The summed E-state index contributed by atoms with van der Waals surface area (Å²) in [6, 6.07) is 10.1. The van der Waals surface area contributed by atoms with Gasteiger partial charge in [0, 0.05) is 41.5 Å². The van der Waals surface area contributed by atoms with Crippen LogP contribution < -0.4 is 9.46 Å². The minimum absolute atomic E-state index is 0.0312. The van der Waals surface area contributed by atoms with Crippen molar-refractivity contribution in [2.45, 2.75) is 75.9 Å². The van der Waals surface area contributed by atoms with E-state index in [1.165, 1.54) is 28.5 Å². The highest BCUT2D eigenvalue weighted by molar-refractivity contribution is 7.90. The van der Waals surface area contributed by atoms with Crippen LogP contribution in [0.2, 0.25) is 0 Å². The van der Waals surface area contributed by atoms with E-state index in [1.807, 2.05) is 13.8 Å². The van der Waals surface area contributed by atoms with Crippen molar-refractivity contribution < 1.29 is 55.0 Å². The number of nitrogens with zero attached hydrogens (tertiary/aromatic N) is 4. The number of thiazole rings is 1. The molecule has 3 aliphatic rings. The van der Waals surface area contributed by atoms with Crippen LogP contribution in [0.5, 0.6) is 5.88 Å². The van der Waals surface area contributed by atoms with Gasteiger partial charge in [0.05, 0.1) is 33.8 Å². The second-order valence-electron chi connectivity index (χ2n) is 16.2. The van der Waals surface area contributed by atoms with Crippen molar-refractivity contribution in [3.8, 4) is 17.3 Å². The Balaban J connectivity index is 1.14. The maximum Gasteiger partial charge on any atom is 0.416 e. The van der Waals surface area contributed by atoms with Crippen LogP contribution in [0.4, 0.5) is 13.2 Å². The number of carboxylic acid groups (broad SMARTS) is 1. The molecule has 61 heavy (non-hydrogen) atoms. The minimum atomic E-state index is -4.57. The van der Waals surface area contributed by atoms with Crippen molar-refractivity contribution in [3.05, 3.63) is 82.8 Å². The number of rotatable bonds is 15. The fourth-order valence-electron chi connectivity index (χ4n) is 7.99. The topological polar surface area (TPSA) is 199 Å². The second kappa shape index (κ2) is 15.6. The number of halogens is 3. The Bertz CT molecular complexity index is 2690. The summed E-state index contributed by atoms with van der Waals surface area (Å²) in [6.07, 6.45) is -3.34. The molecule has 3 aromatic heterocycles. The molecule has 14 nitrogen and oxygen atoms in total. The molecule has 2 N–H and O–H groups in total. The lowest BCUT2D eigenvalue weighted by Gasteiger charge is -2.30. The molecule has 320 valence electrons. The SMILES string of the molecule is C=C[C@@H]1C[C@]1(CC(=O)[C@@H]1C[C@@H](Oc2nc(-c3ccc(C(F)(F)F)cc3)nc3c2oc2ccccc23)CN1C(=O)[C@@H](Cc1nc(C(=O)O)cs1)C(C)C)C(=O)NS(=O)(=O)C1CC1. The zero-order valence-electron chi connectivity index (χ0n) is 32.8. The highest BCUT2D eigenvalue weighted by Gasteiger charge is 2.61. The summed E-state index contributed by atoms with van der Waals surface area (Å²) in [5.74, 6) is -4.58. The molecule has 5 aromatic rings. The Hall–Kier alpha value is -5.69. The summed E-state index contributed by atoms with van der Waals surface area (Å²) in [5, 5.41) is 11.1. The van der Waals surface area contributed by atoms with E-state index in [9.17, 15) is 45.9 Å². The molecule has 0 spiro atoms. The largest absolute Gasteiger partial charge is 0.476 e. The number of sulfonamides is 1. The van der Waals surface area contributed by atoms with Gasteiger partial charge in [-0.25, -0.2) is 23.2 Å². The first-order chi connectivity index (χ1) is 28.9. The molecule has 5 atom stereocenters. The molecule has 2 amide bonds. The third kappa shape index (κ3) is 8.24. The van der Waals surface area contributed by atoms with E-state index in [0.717, 1.165) is 23.5 Å². The molecular weight excluding hydrogens is 840 g/mol. The molecule has 19 heteroatoms. The number of carbonyl (C=O) groups excluding carboxylic acids is 3. The minimum Gasteiger partial charge on any atom is -0.476 e. The number of furan rings is 1. The summed E-state index contributed by atoms with van der Waals surface area (Å²) in [7, 11) is -3.94. The number of hydrogen-bond acceptors (Lipinski definition) is 12. The third-order valence-corrected chi connectivity index (χ3v) is 14.4. The van der Waals surface area contributed by atoms with Gasteiger partial charge in [0.25, 0.3) is 5.88 Å². The van der Waals surface area contributed by atoms with Crippen molar-refractivity contribution in [2.75, 3.05) is 6.54 Å². The number of Topliss-reactive ketones (excluding diaryl/α,β-unsaturated/α-hetero) is 1. The summed E-state index contributed by atoms with van der Waals surface area (Å²) in [4.78, 5) is 69.3. The van der Waals surface area contributed by atoms with Crippen LogP contribution in [-0.2, 0) is 37.0 Å². The van der Waals surface area contributed by atoms with Gasteiger partial charge >= 0.3 is 12.1 Å². The van der Waals surface area contributed by atoms with Crippen LogP contribution in [0.1, 0.15) is 67.0 Å². The normalized spacial score (nSPS) is 22.1. The molecule has 0 bridgehead atoms. The second-order valence-corrected chi connectivity index (χ2v) is 19.1. The van der Waals surface area contributed by atoms with Crippen molar-refractivity contribution in [1.29, 1.82) is 0 Å². The zero-order valence-corrected chi connectivity index (χ0v) is 34.5. The number of ether oxygens (including phenoxy) is 1. The Labute approximate surface area is 351 Å². The number of aromatic nitrogens is 3. The van der Waals surface area contributed by atoms with Crippen LogP contribution in [0, 0.1) is 23.2 Å². The van der Waals surface area contributed by atoms with E-state index < -0.39 is 86.4 Å². The molecular formula is C42H40F3N5O9S2. The number of alkyl halides is 3. The molecule has 3 fully saturated rings. The van der Waals surface area contributed by atoms with E-state index >= 15 is 0 Å². The first-order valence-electron chi connectivity index (χ1n) is 19.6. The van der Waals surface area contributed by atoms with Crippen LogP contribution in [-0.4, -0.2) is 80.9 Å². The monoisotopic (exact) mass is 879 g/mol. The number of amides is 2. The Morgan fingerprint density at radius 2 is 1.82 bits per heavy atom. The van der Waals surface area contributed by atoms with Gasteiger partial charge in [-0.2, -0.15) is 18.2 Å². The fraction of sp³-hybridized carbons (Fsp3) is 0.405. The van der Waals surface area contributed by atoms with E-state index in [2.05, 4.69) is 26.3 Å². The Morgan fingerprint density at radius 3 is 2.44 bits per heavy atom. The van der Waals surface area contributed by atoms with E-state index in [-0.39, 0.29) is 60.3 Å². The predicted octanol–water partition coefficient (Wildman–Crippen LogP) is 6.84. The molecule has 0 unspecified atom stereocenters. The van der Waals surface area contributed by atoms with Gasteiger partial charge in [0.2, 0.25) is 27.4 Å². The molecule has 2 aromatic carbocycles. The number of carbonyl (C=O) groups is 4. The van der Waals surface area contributed by atoms with E-state index in [0.29, 0.717) is 34.3 Å². The first kappa shape index (κ1) is 42.0. The molecule has 4 heterocycles. The van der Waals surface area contributed by atoms with Crippen molar-refractivity contribution in [3.63, 3.8) is 0 Å². The maximum absolute atomic E-state index is 14.7. The van der Waals surface area contributed by atoms with Gasteiger partial charge in [-0.1, -0.05) is 44.2 Å². The van der Waals surface area contributed by atoms with Gasteiger partial charge in [-0.15, -0.1) is 17.9 Å². The Morgan fingerprint density at radius 1 is 1.10 bits per heavy atom. The van der Waals surface area contributed by atoms with Crippen LogP contribution in [0.15, 0.2) is 71.0 Å². The number of aromatic carboxylic acids is 1. The summed E-state index contributed by atoms with van der Waals surface area (Å²) in [6.45, 7) is 7.28. The van der Waals surface area contributed by atoms with E-state index in [4.69, 9.17) is 9.15 Å². The van der Waals surface area contributed by atoms with Crippen molar-refractivity contribution in [1.82, 2.24) is 24.6 Å². The van der Waals surface area contributed by atoms with Crippen LogP contribution >= 0.6 is 11.3 Å². The van der Waals surface area contributed by atoms with Crippen molar-refractivity contribution >= 4 is 67.0 Å². The number of hydrogen-bond donors (Lipinski definition) is 2. The molecule has 1 aliphatic heterocycles. The lowest BCUT2D eigenvalue weighted by atomic mass is 9.89. The van der Waals surface area contributed by atoms with E-state index in [1.54, 1.807) is 24.3 Å². The maximum atomic E-state index is 14.7. The van der Waals surface area contributed by atoms with Gasteiger partial charge in [-0.05, 0) is 55.4 Å². The fourth-order valence-corrected chi connectivity index (χ4v) is 10.2. The number of allylic oxidation sites excluding steroid dienone is 1. The van der Waals surface area contributed by atoms with Crippen LogP contribution in [0.25, 0.3) is 33.5 Å². The number of ketones is 1.